The summed E-state index contributed by atoms with van der Waals surface area (Å²) in [4.78, 5) is 11.4. The lowest BCUT2D eigenvalue weighted by atomic mass is 10.1. The van der Waals surface area contributed by atoms with Gasteiger partial charge in [-0.25, -0.2) is 4.79 Å². The van der Waals surface area contributed by atoms with E-state index in [-0.39, 0.29) is 5.54 Å². The van der Waals surface area contributed by atoms with Crippen LogP contribution in [0.15, 0.2) is 18.5 Å². The number of aromatic nitrogens is 1. The number of carbonyl (C=O) groups is 1. The Morgan fingerprint density at radius 2 is 2.11 bits per heavy atom. The quantitative estimate of drug-likeness (QED) is 0.599. The third-order valence-corrected chi connectivity index (χ3v) is 4.10. The highest BCUT2D eigenvalue weighted by atomic mass is 32.2. The first-order valence-corrected chi connectivity index (χ1v) is 7.75. The van der Waals surface area contributed by atoms with Crippen LogP contribution in [0.2, 0.25) is 0 Å². The Bertz CT molecular complexity index is 585. The van der Waals surface area contributed by atoms with Crippen LogP contribution in [0, 0.1) is 0 Å². The van der Waals surface area contributed by atoms with Crippen molar-refractivity contribution < 1.29 is 22.1 Å². The van der Waals surface area contributed by atoms with Gasteiger partial charge in [-0.05, 0) is 25.8 Å². The first kappa shape index (κ1) is 14.1. The van der Waals surface area contributed by atoms with Crippen molar-refractivity contribution in [1.82, 2.24) is 4.57 Å². The molecule has 1 atom stereocenters. The topological polar surface area (TPSA) is 74.6 Å². The molecule has 6 nitrogen and oxygen atoms in total. The van der Waals surface area contributed by atoms with Gasteiger partial charge in [0.25, 0.3) is 10.1 Å². The van der Waals surface area contributed by atoms with Crippen LogP contribution in [0.4, 0.5) is 0 Å². The van der Waals surface area contributed by atoms with Crippen molar-refractivity contribution in [1.29, 1.82) is 0 Å². The summed E-state index contributed by atoms with van der Waals surface area (Å²) in [5.41, 5.74) is 0.0651. The number of methoxy groups -OCH3 is 1. The number of nitrogens with zero attached hydrogens (tertiary/aromatic N) is 1. The second kappa shape index (κ2) is 4.64. The molecule has 1 saturated carbocycles. The first-order chi connectivity index (χ1) is 8.78. The molecule has 1 aromatic rings. The second-order valence-electron chi connectivity index (χ2n) is 4.85. The van der Waals surface area contributed by atoms with E-state index in [0.717, 1.165) is 19.1 Å². The summed E-state index contributed by atoms with van der Waals surface area (Å²) in [7, 11) is -2.17. The fourth-order valence-corrected chi connectivity index (χ4v) is 2.97. The van der Waals surface area contributed by atoms with Crippen LogP contribution < -0.4 is 0 Å². The zero-order valence-corrected chi connectivity index (χ0v) is 11.9. The monoisotopic (exact) mass is 287 g/mol. The molecule has 0 N–H and O–H groups in total. The van der Waals surface area contributed by atoms with E-state index in [4.69, 9.17) is 4.18 Å². The molecule has 0 bridgehead atoms. The predicted octanol–water partition coefficient (Wildman–Crippen LogP) is 1.13. The highest BCUT2D eigenvalue weighted by Crippen LogP contribution is 2.48. The van der Waals surface area contributed by atoms with Crippen molar-refractivity contribution in [2.75, 3.05) is 13.4 Å². The second-order valence-corrected chi connectivity index (χ2v) is 6.45. The van der Waals surface area contributed by atoms with Crippen LogP contribution in [-0.2, 0) is 24.6 Å². The van der Waals surface area contributed by atoms with Gasteiger partial charge in [0.15, 0.2) is 0 Å². The van der Waals surface area contributed by atoms with Crippen molar-refractivity contribution in [2.45, 2.75) is 31.4 Å². The fourth-order valence-electron chi connectivity index (χ4n) is 2.27. The lowest BCUT2D eigenvalue weighted by molar-refractivity contribution is 0.0600. The number of hydrogen-bond donors (Lipinski definition) is 0. The summed E-state index contributed by atoms with van der Waals surface area (Å²) >= 11 is 0. The maximum absolute atomic E-state index is 11.4. The summed E-state index contributed by atoms with van der Waals surface area (Å²) in [6.07, 6.45) is 5.62. The standard InChI is InChI=1S/C12H17NO5S/c1-9(18-19(3,15)16)12(5-6-12)13-7-4-10(8-13)11(14)17-2/h4,7-9H,5-6H2,1-3H3. The van der Waals surface area contributed by atoms with Crippen LogP contribution in [0.5, 0.6) is 0 Å². The fraction of sp³-hybridized carbons (Fsp3) is 0.583. The Kier molecular flexibility index (Phi) is 3.44. The van der Waals surface area contributed by atoms with Crippen molar-refractivity contribution in [3.63, 3.8) is 0 Å². The van der Waals surface area contributed by atoms with E-state index >= 15 is 0 Å². The summed E-state index contributed by atoms with van der Waals surface area (Å²) in [5.74, 6) is -0.411. The molecular weight excluding hydrogens is 270 g/mol. The molecule has 1 aromatic heterocycles. The molecule has 1 unspecified atom stereocenters. The molecule has 0 amide bonds. The average molecular weight is 287 g/mol. The third-order valence-electron chi connectivity index (χ3n) is 3.47. The van der Waals surface area contributed by atoms with Crippen molar-refractivity contribution in [3.05, 3.63) is 24.0 Å². The van der Waals surface area contributed by atoms with Crippen LogP contribution in [-0.4, -0.2) is 38.4 Å². The Balaban J connectivity index is 2.21. The van der Waals surface area contributed by atoms with Gasteiger partial charge >= 0.3 is 5.97 Å². The van der Waals surface area contributed by atoms with Gasteiger partial charge in [-0.1, -0.05) is 0 Å². The number of esters is 1. The van der Waals surface area contributed by atoms with Crippen molar-refractivity contribution >= 4 is 16.1 Å². The minimum atomic E-state index is -3.49. The molecule has 1 heterocycles. The molecule has 106 valence electrons. The van der Waals surface area contributed by atoms with Crippen LogP contribution in [0.25, 0.3) is 0 Å². The van der Waals surface area contributed by atoms with Crippen LogP contribution in [0.1, 0.15) is 30.1 Å². The smallest absolute Gasteiger partial charge is 0.339 e. The number of carbonyl (C=O) groups excluding carboxylic acids is 1. The number of ether oxygens (including phenoxy) is 1. The molecule has 2 rings (SSSR count). The first-order valence-electron chi connectivity index (χ1n) is 5.93. The molecule has 0 aliphatic heterocycles. The maximum atomic E-state index is 11.4. The Hall–Kier alpha value is -1.34. The lowest BCUT2D eigenvalue weighted by Gasteiger charge is -2.24. The van der Waals surface area contributed by atoms with E-state index < -0.39 is 22.2 Å². The van der Waals surface area contributed by atoms with E-state index in [9.17, 15) is 13.2 Å². The molecule has 1 aliphatic carbocycles. The van der Waals surface area contributed by atoms with E-state index in [0.29, 0.717) is 5.56 Å². The van der Waals surface area contributed by atoms with Gasteiger partial charge in [0.2, 0.25) is 0 Å². The Morgan fingerprint density at radius 3 is 2.58 bits per heavy atom. The van der Waals surface area contributed by atoms with Crippen LogP contribution >= 0.6 is 0 Å². The van der Waals surface area contributed by atoms with Gasteiger partial charge in [-0.3, -0.25) is 4.18 Å². The molecule has 0 aromatic carbocycles. The summed E-state index contributed by atoms with van der Waals surface area (Å²) < 4.78 is 33.9. The van der Waals surface area contributed by atoms with Gasteiger partial charge < -0.3 is 9.30 Å². The van der Waals surface area contributed by atoms with Gasteiger partial charge in [-0.15, -0.1) is 0 Å². The van der Waals surface area contributed by atoms with Gasteiger partial charge in [0.1, 0.15) is 0 Å². The Morgan fingerprint density at radius 1 is 1.47 bits per heavy atom. The Labute approximate surface area is 112 Å². The molecule has 0 spiro atoms. The molecular formula is C12H17NO5S. The summed E-state index contributed by atoms with van der Waals surface area (Å²) in [6, 6.07) is 1.65. The van der Waals surface area contributed by atoms with E-state index in [1.54, 1.807) is 25.4 Å². The molecule has 19 heavy (non-hydrogen) atoms. The van der Waals surface area contributed by atoms with E-state index in [2.05, 4.69) is 4.74 Å². The minimum Gasteiger partial charge on any atom is -0.465 e. The van der Waals surface area contributed by atoms with Gasteiger partial charge in [0, 0.05) is 12.4 Å². The molecule has 0 saturated heterocycles. The molecule has 1 fully saturated rings. The lowest BCUT2D eigenvalue weighted by Crippen LogP contribution is -2.33. The van der Waals surface area contributed by atoms with Crippen molar-refractivity contribution in [2.24, 2.45) is 0 Å². The van der Waals surface area contributed by atoms with Gasteiger partial charge in [0.05, 0.1) is 30.6 Å². The zero-order valence-electron chi connectivity index (χ0n) is 11.1. The highest BCUT2D eigenvalue weighted by Gasteiger charge is 2.51. The SMILES string of the molecule is COC(=O)c1ccn(C2(C(C)OS(C)(=O)=O)CC2)c1. The largest absolute Gasteiger partial charge is 0.465 e. The van der Waals surface area contributed by atoms with E-state index in [1.807, 2.05) is 4.57 Å². The van der Waals surface area contributed by atoms with Crippen molar-refractivity contribution in [3.8, 4) is 0 Å². The molecule has 0 radical (unpaired) electrons. The van der Waals surface area contributed by atoms with Crippen LogP contribution in [0.3, 0.4) is 0 Å². The molecule has 7 heteroatoms. The van der Waals surface area contributed by atoms with E-state index in [1.165, 1.54) is 7.11 Å². The zero-order chi connectivity index (χ0) is 14.3. The average Bonchev–Trinajstić information content (AvgIpc) is 2.98. The molecule has 1 aliphatic rings. The normalized spacial score (nSPS) is 18.9. The van der Waals surface area contributed by atoms with Gasteiger partial charge in [-0.2, -0.15) is 8.42 Å². The number of rotatable bonds is 5. The minimum absolute atomic E-state index is 0.380. The maximum Gasteiger partial charge on any atom is 0.339 e. The third kappa shape index (κ3) is 2.82. The number of hydrogen-bond acceptors (Lipinski definition) is 5. The summed E-state index contributed by atoms with van der Waals surface area (Å²) in [5, 5.41) is 0. The predicted molar refractivity (Wildman–Crippen MR) is 68.4 cm³/mol. The summed E-state index contributed by atoms with van der Waals surface area (Å²) in [6.45, 7) is 1.73. The highest BCUT2D eigenvalue weighted by molar-refractivity contribution is 7.86.